The third-order valence-electron chi connectivity index (χ3n) is 3.56. The summed E-state index contributed by atoms with van der Waals surface area (Å²) in [7, 11) is -3.44. The summed E-state index contributed by atoms with van der Waals surface area (Å²) in [4.78, 5) is 0.366. The summed E-state index contributed by atoms with van der Waals surface area (Å²) in [6, 6.07) is 7.23. The van der Waals surface area contributed by atoms with Gasteiger partial charge >= 0.3 is 0 Å². The number of morpholine rings is 1. The van der Waals surface area contributed by atoms with E-state index in [2.05, 4.69) is 22.9 Å². The number of alkyl halides is 1. The SMILES string of the molecule is CCCc1ccc(S(=O)(=O)N2CC(C)OC(CBr)C2)cc1. The number of rotatable bonds is 5. The lowest BCUT2D eigenvalue weighted by Crippen LogP contribution is -2.49. The highest BCUT2D eigenvalue weighted by atomic mass is 79.9. The van der Waals surface area contributed by atoms with Crippen LogP contribution in [0, 0.1) is 0 Å². The van der Waals surface area contributed by atoms with Crippen molar-refractivity contribution >= 4 is 26.0 Å². The predicted octanol–water partition coefficient (Wildman–Crippen LogP) is 2.81. The molecule has 2 rings (SSSR count). The Kier molecular flexibility index (Phi) is 5.82. The van der Waals surface area contributed by atoms with Crippen molar-refractivity contribution in [3.8, 4) is 0 Å². The van der Waals surface area contributed by atoms with Crippen molar-refractivity contribution in [1.82, 2.24) is 4.31 Å². The topological polar surface area (TPSA) is 46.6 Å². The Labute approximate surface area is 135 Å². The van der Waals surface area contributed by atoms with Crippen LogP contribution in [0.3, 0.4) is 0 Å². The van der Waals surface area contributed by atoms with Crippen LogP contribution in [0.15, 0.2) is 29.2 Å². The van der Waals surface area contributed by atoms with Gasteiger partial charge in [-0.3, -0.25) is 0 Å². The largest absolute Gasteiger partial charge is 0.372 e. The Morgan fingerprint density at radius 2 is 1.95 bits per heavy atom. The molecule has 2 atom stereocenters. The zero-order chi connectivity index (χ0) is 15.5. The molecule has 6 heteroatoms. The molecule has 1 aliphatic heterocycles. The van der Waals surface area contributed by atoms with Crippen LogP contribution >= 0.6 is 15.9 Å². The first kappa shape index (κ1) is 16.9. The molecule has 0 amide bonds. The lowest BCUT2D eigenvalue weighted by atomic mass is 10.1. The third-order valence-corrected chi connectivity index (χ3v) is 6.13. The van der Waals surface area contributed by atoms with Gasteiger partial charge in [-0.05, 0) is 31.0 Å². The Balaban J connectivity index is 2.20. The Morgan fingerprint density at radius 3 is 2.52 bits per heavy atom. The third kappa shape index (κ3) is 4.06. The molecule has 0 radical (unpaired) electrons. The van der Waals surface area contributed by atoms with E-state index in [1.54, 1.807) is 12.1 Å². The van der Waals surface area contributed by atoms with E-state index in [-0.39, 0.29) is 12.2 Å². The van der Waals surface area contributed by atoms with Crippen LogP contribution in [-0.4, -0.2) is 43.4 Å². The predicted molar refractivity (Wildman–Crippen MR) is 87.3 cm³/mol. The van der Waals surface area contributed by atoms with Gasteiger partial charge in [0.25, 0.3) is 0 Å². The van der Waals surface area contributed by atoms with Gasteiger partial charge in [0.05, 0.1) is 17.1 Å². The molecule has 0 bridgehead atoms. The van der Waals surface area contributed by atoms with Gasteiger partial charge in [-0.15, -0.1) is 0 Å². The van der Waals surface area contributed by atoms with Crippen LogP contribution in [0.1, 0.15) is 25.8 Å². The molecule has 1 aromatic carbocycles. The Hall–Kier alpha value is -0.430. The molecule has 0 aliphatic carbocycles. The smallest absolute Gasteiger partial charge is 0.243 e. The van der Waals surface area contributed by atoms with E-state index >= 15 is 0 Å². The number of halogens is 1. The number of aryl methyl sites for hydroxylation is 1. The number of ether oxygens (including phenoxy) is 1. The van der Waals surface area contributed by atoms with E-state index in [4.69, 9.17) is 4.74 Å². The molecular formula is C15H22BrNO3S. The fraction of sp³-hybridized carbons (Fsp3) is 0.600. The minimum Gasteiger partial charge on any atom is -0.372 e. The number of benzene rings is 1. The second kappa shape index (κ2) is 7.22. The lowest BCUT2D eigenvalue weighted by Gasteiger charge is -2.35. The van der Waals surface area contributed by atoms with Gasteiger partial charge in [0.15, 0.2) is 0 Å². The van der Waals surface area contributed by atoms with Crippen LogP contribution < -0.4 is 0 Å². The fourth-order valence-corrected chi connectivity index (χ4v) is 4.45. The molecule has 0 saturated carbocycles. The highest BCUT2D eigenvalue weighted by molar-refractivity contribution is 9.09. The van der Waals surface area contributed by atoms with Gasteiger partial charge in [-0.1, -0.05) is 41.4 Å². The van der Waals surface area contributed by atoms with E-state index in [0.717, 1.165) is 12.8 Å². The highest BCUT2D eigenvalue weighted by Gasteiger charge is 2.33. The van der Waals surface area contributed by atoms with Gasteiger partial charge < -0.3 is 4.74 Å². The van der Waals surface area contributed by atoms with Crippen molar-refractivity contribution in [2.45, 2.75) is 43.8 Å². The zero-order valence-electron chi connectivity index (χ0n) is 12.5. The fourth-order valence-electron chi connectivity index (χ4n) is 2.55. The van der Waals surface area contributed by atoms with Crippen molar-refractivity contribution < 1.29 is 13.2 Å². The molecular weight excluding hydrogens is 354 g/mol. The van der Waals surface area contributed by atoms with Crippen molar-refractivity contribution in [3.05, 3.63) is 29.8 Å². The van der Waals surface area contributed by atoms with Crippen molar-refractivity contribution in [1.29, 1.82) is 0 Å². The van der Waals surface area contributed by atoms with Crippen molar-refractivity contribution in [3.63, 3.8) is 0 Å². The van der Waals surface area contributed by atoms with Gasteiger partial charge in [0, 0.05) is 18.4 Å². The Bertz CT molecular complexity index is 559. The maximum atomic E-state index is 12.7. The molecule has 0 N–H and O–H groups in total. The van der Waals surface area contributed by atoms with Gasteiger partial charge in [-0.25, -0.2) is 8.42 Å². The number of hydrogen-bond donors (Lipinski definition) is 0. The van der Waals surface area contributed by atoms with Crippen LogP contribution in [0.2, 0.25) is 0 Å². The molecule has 2 unspecified atom stereocenters. The average Bonchev–Trinajstić information content (AvgIpc) is 2.47. The van der Waals surface area contributed by atoms with Gasteiger partial charge in [-0.2, -0.15) is 4.31 Å². The molecule has 1 heterocycles. The summed E-state index contributed by atoms with van der Waals surface area (Å²) in [6.45, 7) is 4.82. The summed E-state index contributed by atoms with van der Waals surface area (Å²) >= 11 is 3.37. The first-order valence-corrected chi connectivity index (χ1v) is 9.84. The number of sulfonamides is 1. The lowest BCUT2D eigenvalue weighted by molar-refractivity contribution is -0.0411. The molecule has 1 aliphatic rings. The summed E-state index contributed by atoms with van der Waals surface area (Å²) in [5.74, 6) is 0. The first-order valence-electron chi connectivity index (χ1n) is 7.28. The van der Waals surface area contributed by atoms with Crippen molar-refractivity contribution in [2.75, 3.05) is 18.4 Å². The van der Waals surface area contributed by atoms with Gasteiger partial charge in [0.1, 0.15) is 0 Å². The second-order valence-electron chi connectivity index (χ2n) is 5.44. The van der Waals surface area contributed by atoms with Crippen molar-refractivity contribution in [2.24, 2.45) is 0 Å². The molecule has 118 valence electrons. The molecule has 1 fully saturated rings. The summed E-state index contributed by atoms with van der Waals surface area (Å²) in [5.41, 5.74) is 1.17. The molecule has 0 aromatic heterocycles. The number of hydrogen-bond acceptors (Lipinski definition) is 3. The van der Waals surface area contributed by atoms with Crippen LogP contribution in [0.4, 0.5) is 0 Å². The van der Waals surface area contributed by atoms with Crippen LogP contribution in [-0.2, 0) is 21.2 Å². The monoisotopic (exact) mass is 375 g/mol. The Morgan fingerprint density at radius 1 is 1.29 bits per heavy atom. The highest BCUT2D eigenvalue weighted by Crippen LogP contribution is 2.22. The molecule has 4 nitrogen and oxygen atoms in total. The quantitative estimate of drug-likeness (QED) is 0.743. The second-order valence-corrected chi connectivity index (χ2v) is 8.02. The molecule has 0 spiro atoms. The molecule has 1 saturated heterocycles. The van der Waals surface area contributed by atoms with E-state index in [1.165, 1.54) is 9.87 Å². The molecule has 21 heavy (non-hydrogen) atoms. The zero-order valence-corrected chi connectivity index (χ0v) is 14.9. The van der Waals surface area contributed by atoms with E-state index in [9.17, 15) is 8.42 Å². The first-order chi connectivity index (χ1) is 9.97. The maximum absolute atomic E-state index is 12.7. The average molecular weight is 376 g/mol. The van der Waals surface area contributed by atoms with Gasteiger partial charge in [0.2, 0.25) is 10.0 Å². The standard InChI is InChI=1S/C15H22BrNO3S/c1-3-4-13-5-7-15(8-6-13)21(18,19)17-10-12(2)20-14(9-16)11-17/h5-8,12,14H,3-4,9-11H2,1-2H3. The summed E-state index contributed by atoms with van der Waals surface area (Å²) in [5, 5.41) is 0.638. The van der Waals surface area contributed by atoms with Crippen LogP contribution in [0.5, 0.6) is 0 Å². The van der Waals surface area contributed by atoms with E-state index in [1.807, 2.05) is 19.1 Å². The van der Waals surface area contributed by atoms with E-state index < -0.39 is 10.0 Å². The van der Waals surface area contributed by atoms with E-state index in [0.29, 0.717) is 23.3 Å². The summed E-state index contributed by atoms with van der Waals surface area (Å²) in [6.07, 6.45) is 1.85. The normalized spacial score (nSPS) is 24.1. The molecule has 1 aromatic rings. The minimum atomic E-state index is -3.44. The summed E-state index contributed by atoms with van der Waals surface area (Å²) < 4.78 is 32.7. The maximum Gasteiger partial charge on any atom is 0.243 e. The minimum absolute atomic E-state index is 0.0876. The number of nitrogens with zero attached hydrogens (tertiary/aromatic N) is 1. The van der Waals surface area contributed by atoms with Crippen LogP contribution in [0.25, 0.3) is 0 Å².